The van der Waals surface area contributed by atoms with Crippen LogP contribution in [0.15, 0.2) is 54.9 Å². The lowest BCUT2D eigenvalue weighted by Gasteiger charge is -2.30. The zero-order valence-electron chi connectivity index (χ0n) is 24.4. The summed E-state index contributed by atoms with van der Waals surface area (Å²) in [6.45, 7) is 9.91. The van der Waals surface area contributed by atoms with E-state index >= 15 is 0 Å². The molecule has 1 aliphatic rings. The molecule has 8 nitrogen and oxygen atoms in total. The molecule has 2 heterocycles. The van der Waals surface area contributed by atoms with Gasteiger partial charge in [-0.05, 0) is 74.4 Å². The van der Waals surface area contributed by atoms with Crippen molar-refractivity contribution >= 4 is 17.5 Å². The van der Waals surface area contributed by atoms with Crippen LogP contribution in [0.3, 0.4) is 0 Å². The Balaban J connectivity index is 1.60. The zero-order chi connectivity index (χ0) is 28.5. The number of carbonyl (C=O) groups is 2. The van der Waals surface area contributed by atoms with Crippen LogP contribution in [0.25, 0.3) is 0 Å². The van der Waals surface area contributed by atoms with Gasteiger partial charge >= 0.3 is 0 Å². The summed E-state index contributed by atoms with van der Waals surface area (Å²) in [6, 6.07) is 14.2. The van der Waals surface area contributed by atoms with Gasteiger partial charge in [0.2, 0.25) is 11.8 Å². The maximum Gasteiger partial charge on any atom is 0.231 e. The number of rotatable bonds is 8. The molecule has 8 heteroatoms. The summed E-state index contributed by atoms with van der Waals surface area (Å²) in [4.78, 5) is 33.8. The third-order valence-corrected chi connectivity index (χ3v) is 7.75. The molecule has 214 valence electrons. The summed E-state index contributed by atoms with van der Waals surface area (Å²) in [7, 11) is 1.64. The van der Waals surface area contributed by atoms with Crippen LogP contribution in [0.1, 0.15) is 55.4 Å². The van der Waals surface area contributed by atoms with E-state index < -0.39 is 0 Å². The van der Waals surface area contributed by atoms with Crippen LogP contribution in [0.5, 0.6) is 5.75 Å². The lowest BCUT2D eigenvalue weighted by molar-refractivity contribution is -0.132. The van der Waals surface area contributed by atoms with Gasteiger partial charge < -0.3 is 14.5 Å². The van der Waals surface area contributed by atoms with E-state index in [1.807, 2.05) is 52.5 Å². The molecule has 1 aliphatic heterocycles. The number of para-hydroxylation sites is 1. The SMILES string of the molecule is COc1ccc(CC(=O)N2CCCN(C(C)C)CCN(C(=O)CCCc3cn[nH]c3)Cc3cccc(C)c32)cc1. The van der Waals surface area contributed by atoms with E-state index in [0.29, 0.717) is 38.5 Å². The number of benzene rings is 2. The summed E-state index contributed by atoms with van der Waals surface area (Å²) in [5.74, 6) is 0.986. The predicted octanol–water partition coefficient (Wildman–Crippen LogP) is 4.77. The van der Waals surface area contributed by atoms with E-state index in [1.54, 1.807) is 7.11 Å². The van der Waals surface area contributed by atoms with Crippen molar-refractivity contribution in [3.05, 3.63) is 77.1 Å². The number of ether oxygens (including phenoxy) is 1. The number of fused-ring (bicyclic) bond motifs is 1. The second-order valence-electron chi connectivity index (χ2n) is 10.9. The summed E-state index contributed by atoms with van der Waals surface area (Å²) < 4.78 is 5.29. The molecular formula is C32H43N5O3. The highest BCUT2D eigenvalue weighted by Gasteiger charge is 2.25. The monoisotopic (exact) mass is 545 g/mol. The normalized spacial score (nSPS) is 15.0. The molecule has 4 rings (SSSR count). The highest BCUT2D eigenvalue weighted by atomic mass is 16.5. The van der Waals surface area contributed by atoms with Gasteiger partial charge in [0.15, 0.2) is 0 Å². The van der Waals surface area contributed by atoms with E-state index in [9.17, 15) is 9.59 Å². The van der Waals surface area contributed by atoms with E-state index in [-0.39, 0.29) is 11.8 Å². The fraction of sp³-hybridized carbons (Fsp3) is 0.469. The lowest BCUT2D eigenvalue weighted by atomic mass is 10.0. The highest BCUT2D eigenvalue weighted by Crippen LogP contribution is 2.29. The second-order valence-corrected chi connectivity index (χ2v) is 10.9. The number of aromatic nitrogens is 2. The molecule has 0 saturated heterocycles. The number of aromatic amines is 1. The topological polar surface area (TPSA) is 81.8 Å². The molecule has 0 saturated carbocycles. The molecule has 40 heavy (non-hydrogen) atoms. The summed E-state index contributed by atoms with van der Waals surface area (Å²) in [5, 5.41) is 6.85. The highest BCUT2D eigenvalue weighted by molar-refractivity contribution is 5.96. The minimum atomic E-state index is 0.0639. The number of nitrogens with zero attached hydrogens (tertiary/aromatic N) is 4. The molecule has 1 aromatic heterocycles. The van der Waals surface area contributed by atoms with Gasteiger partial charge in [-0.1, -0.05) is 30.3 Å². The summed E-state index contributed by atoms with van der Waals surface area (Å²) >= 11 is 0. The molecule has 0 spiro atoms. The number of hydrogen-bond donors (Lipinski definition) is 1. The van der Waals surface area contributed by atoms with Crippen molar-refractivity contribution < 1.29 is 14.3 Å². The maximum atomic E-state index is 13.9. The molecule has 2 aromatic carbocycles. The van der Waals surface area contributed by atoms with Crippen molar-refractivity contribution in [3.8, 4) is 5.75 Å². The average Bonchev–Trinajstić information content (AvgIpc) is 3.45. The second kappa shape index (κ2) is 14.1. The van der Waals surface area contributed by atoms with Crippen molar-refractivity contribution in [1.29, 1.82) is 0 Å². The minimum absolute atomic E-state index is 0.0639. The number of carbonyl (C=O) groups excluding carboxylic acids is 2. The molecule has 2 amide bonds. The first-order valence-corrected chi connectivity index (χ1v) is 14.4. The van der Waals surface area contributed by atoms with E-state index in [4.69, 9.17) is 4.74 Å². The quantitative estimate of drug-likeness (QED) is 0.441. The van der Waals surface area contributed by atoms with Crippen molar-refractivity contribution in [1.82, 2.24) is 20.0 Å². The van der Waals surface area contributed by atoms with Gasteiger partial charge in [-0.15, -0.1) is 0 Å². The Bertz CT molecular complexity index is 1240. The first-order chi connectivity index (χ1) is 19.4. The molecule has 0 aliphatic carbocycles. The lowest BCUT2D eigenvalue weighted by Crippen LogP contribution is -2.41. The van der Waals surface area contributed by atoms with Gasteiger partial charge in [0, 0.05) is 51.4 Å². The van der Waals surface area contributed by atoms with Crippen LogP contribution in [0.4, 0.5) is 5.69 Å². The van der Waals surface area contributed by atoms with E-state index in [1.165, 1.54) is 0 Å². The van der Waals surface area contributed by atoms with Gasteiger partial charge in [-0.3, -0.25) is 19.6 Å². The number of methoxy groups -OCH3 is 1. The Kier molecular flexibility index (Phi) is 10.4. The Morgan fingerprint density at radius 2 is 1.80 bits per heavy atom. The first kappa shape index (κ1) is 29.3. The fourth-order valence-electron chi connectivity index (χ4n) is 5.43. The third kappa shape index (κ3) is 7.72. The molecule has 3 aromatic rings. The van der Waals surface area contributed by atoms with Crippen LogP contribution >= 0.6 is 0 Å². The van der Waals surface area contributed by atoms with Crippen molar-refractivity contribution in [3.63, 3.8) is 0 Å². The smallest absolute Gasteiger partial charge is 0.231 e. The number of amides is 2. The minimum Gasteiger partial charge on any atom is -0.497 e. The van der Waals surface area contributed by atoms with Gasteiger partial charge in [0.1, 0.15) is 5.75 Å². The first-order valence-electron chi connectivity index (χ1n) is 14.4. The molecule has 0 fully saturated rings. The summed E-state index contributed by atoms with van der Waals surface area (Å²) in [5.41, 5.74) is 5.07. The number of anilines is 1. The van der Waals surface area contributed by atoms with Crippen LogP contribution in [-0.2, 0) is 29.0 Å². The van der Waals surface area contributed by atoms with Crippen molar-refractivity contribution in [2.75, 3.05) is 38.2 Å². The molecule has 0 atom stereocenters. The Labute approximate surface area is 238 Å². The van der Waals surface area contributed by atoms with Gasteiger partial charge in [-0.25, -0.2) is 0 Å². The van der Waals surface area contributed by atoms with Crippen molar-refractivity contribution in [2.24, 2.45) is 0 Å². The van der Waals surface area contributed by atoms with Crippen LogP contribution in [-0.4, -0.2) is 71.1 Å². The maximum absolute atomic E-state index is 13.9. The third-order valence-electron chi connectivity index (χ3n) is 7.75. The number of aryl methyl sites for hydroxylation is 2. The van der Waals surface area contributed by atoms with E-state index in [2.05, 4.69) is 48.0 Å². The fourth-order valence-corrected chi connectivity index (χ4v) is 5.43. The standard InChI is InChI=1S/C32H43N5O3/c1-24(2)35-16-7-17-37(31(39)20-26-12-14-29(40-4)15-13-26)32-25(3)8-5-10-28(32)23-36(19-18-35)30(38)11-6-9-27-21-33-34-22-27/h5,8,10,12-15,21-22,24H,6-7,9,11,16-20,23H2,1-4H3,(H,33,34). The van der Waals surface area contributed by atoms with Gasteiger partial charge in [0.25, 0.3) is 0 Å². The zero-order valence-corrected chi connectivity index (χ0v) is 24.4. The van der Waals surface area contributed by atoms with Crippen LogP contribution < -0.4 is 9.64 Å². The number of nitrogens with one attached hydrogen (secondary N) is 1. The average molecular weight is 546 g/mol. The summed E-state index contributed by atoms with van der Waals surface area (Å²) in [6.07, 6.45) is 6.94. The largest absolute Gasteiger partial charge is 0.497 e. The molecule has 1 N–H and O–H groups in total. The van der Waals surface area contributed by atoms with Gasteiger partial charge in [-0.2, -0.15) is 5.10 Å². The Morgan fingerprint density at radius 1 is 1.00 bits per heavy atom. The number of hydrogen-bond acceptors (Lipinski definition) is 5. The molecular weight excluding hydrogens is 502 g/mol. The van der Waals surface area contributed by atoms with Gasteiger partial charge in [0.05, 0.1) is 25.4 Å². The van der Waals surface area contributed by atoms with Crippen molar-refractivity contribution in [2.45, 2.75) is 65.5 Å². The van der Waals surface area contributed by atoms with E-state index in [0.717, 1.165) is 66.0 Å². The van der Waals surface area contributed by atoms with Crippen LogP contribution in [0, 0.1) is 6.92 Å². The molecule has 0 unspecified atom stereocenters. The Hall–Kier alpha value is -3.65. The Morgan fingerprint density at radius 3 is 2.50 bits per heavy atom. The van der Waals surface area contributed by atoms with Crippen LogP contribution in [0.2, 0.25) is 0 Å². The molecule has 0 radical (unpaired) electrons. The number of H-pyrrole nitrogens is 1. The predicted molar refractivity (Wildman–Crippen MR) is 158 cm³/mol. The molecule has 0 bridgehead atoms.